The molecule has 3 aromatic carbocycles. The molecule has 0 N–H and O–H groups in total. The van der Waals surface area contributed by atoms with Crippen LogP contribution in [0.25, 0.3) is 11.1 Å². The third-order valence-corrected chi connectivity index (χ3v) is 5.80. The number of hydrogen-bond donors (Lipinski definition) is 0. The Balaban J connectivity index is 1.69. The lowest BCUT2D eigenvalue weighted by Gasteiger charge is -2.23. The first-order valence-electron chi connectivity index (χ1n) is 11.5. The molecule has 3 aromatic rings. The Hall–Kier alpha value is -3.12. The predicted octanol–water partition coefficient (Wildman–Crippen LogP) is 6.78. The molecule has 0 heterocycles. The van der Waals surface area contributed by atoms with Crippen molar-refractivity contribution in [1.29, 1.82) is 0 Å². The summed E-state index contributed by atoms with van der Waals surface area (Å²) in [5.74, 6) is 0.360. The van der Waals surface area contributed by atoms with Crippen LogP contribution in [0.5, 0.6) is 5.75 Å². The molecule has 0 aliphatic heterocycles. The number of hydrogen-bond acceptors (Lipinski definition) is 4. The van der Waals surface area contributed by atoms with Crippen LogP contribution in [0, 0.1) is 0 Å². The summed E-state index contributed by atoms with van der Waals surface area (Å²) >= 11 is 3.51. The molecular weight excluding hydrogens is 494 g/mol. The van der Waals surface area contributed by atoms with Gasteiger partial charge in [-0.2, -0.15) is 0 Å². The maximum absolute atomic E-state index is 12.9. The molecule has 0 spiro atoms. The Kier molecular flexibility index (Phi) is 9.71. The highest BCUT2D eigenvalue weighted by Crippen LogP contribution is 2.26. The minimum absolute atomic E-state index is 0.104. The maximum atomic E-state index is 12.9. The van der Waals surface area contributed by atoms with E-state index in [2.05, 4.69) is 47.1 Å². The van der Waals surface area contributed by atoms with Crippen LogP contribution in [0.15, 0.2) is 77.3 Å². The summed E-state index contributed by atoms with van der Waals surface area (Å²) in [5, 5.41) is 0. The van der Waals surface area contributed by atoms with E-state index < -0.39 is 0 Å². The van der Waals surface area contributed by atoms with Gasteiger partial charge in [0, 0.05) is 16.6 Å². The zero-order valence-corrected chi connectivity index (χ0v) is 21.2. The van der Waals surface area contributed by atoms with Crippen LogP contribution in [0.2, 0.25) is 0 Å². The molecule has 0 atom stereocenters. The van der Waals surface area contributed by atoms with E-state index in [1.165, 1.54) is 0 Å². The molecule has 0 aliphatic carbocycles. The van der Waals surface area contributed by atoms with E-state index in [4.69, 9.17) is 9.47 Å². The fraction of sp³-hybridized carbons (Fsp3) is 0.286. The molecule has 0 radical (unpaired) electrons. The van der Waals surface area contributed by atoms with E-state index in [9.17, 15) is 9.59 Å². The summed E-state index contributed by atoms with van der Waals surface area (Å²) in [5.41, 5.74) is 4.05. The molecule has 0 saturated carbocycles. The van der Waals surface area contributed by atoms with Gasteiger partial charge in [-0.05, 0) is 60.4 Å². The van der Waals surface area contributed by atoms with Crippen LogP contribution in [0.1, 0.15) is 38.7 Å². The zero-order chi connectivity index (χ0) is 24.3. The van der Waals surface area contributed by atoms with Gasteiger partial charge in [0.1, 0.15) is 5.75 Å². The van der Waals surface area contributed by atoms with Crippen molar-refractivity contribution in [3.63, 3.8) is 0 Å². The molecule has 0 saturated heterocycles. The molecule has 1 amide bonds. The topological polar surface area (TPSA) is 55.8 Å². The number of halogens is 1. The van der Waals surface area contributed by atoms with Crippen molar-refractivity contribution in [1.82, 2.24) is 0 Å². The van der Waals surface area contributed by atoms with Gasteiger partial charge in [-0.3, -0.25) is 4.79 Å². The van der Waals surface area contributed by atoms with Crippen LogP contribution < -0.4 is 9.64 Å². The number of amides is 1. The van der Waals surface area contributed by atoms with Crippen LogP contribution in [-0.4, -0.2) is 25.1 Å². The smallest absolute Gasteiger partial charge is 0.344 e. The number of carbonyl (C=O) groups excluding carboxylic acids is 2. The van der Waals surface area contributed by atoms with Crippen molar-refractivity contribution < 1.29 is 19.1 Å². The molecular formula is C28H30BrNO4. The van der Waals surface area contributed by atoms with Gasteiger partial charge in [-0.15, -0.1) is 0 Å². The van der Waals surface area contributed by atoms with Crippen LogP contribution in [0.3, 0.4) is 0 Å². The maximum Gasteiger partial charge on any atom is 0.344 e. The Morgan fingerprint density at radius 3 is 2.21 bits per heavy atom. The first kappa shape index (κ1) is 25.5. The lowest BCUT2D eigenvalue weighted by molar-refractivity contribution is -0.145. The molecule has 0 bridgehead atoms. The van der Waals surface area contributed by atoms with E-state index in [1.807, 2.05) is 53.4 Å². The Morgan fingerprint density at radius 2 is 1.59 bits per heavy atom. The Morgan fingerprint density at radius 1 is 0.912 bits per heavy atom. The Bertz CT molecular complexity index is 1080. The number of carbonyl (C=O) groups is 2. The summed E-state index contributed by atoms with van der Waals surface area (Å²) in [6.45, 7) is 4.60. The minimum atomic E-state index is -0.382. The van der Waals surface area contributed by atoms with Gasteiger partial charge in [0.25, 0.3) is 0 Å². The molecule has 0 aromatic heterocycles. The molecule has 0 unspecified atom stereocenters. The van der Waals surface area contributed by atoms with E-state index in [-0.39, 0.29) is 18.5 Å². The number of unbranched alkanes of at least 4 members (excludes halogenated alkanes) is 1. The van der Waals surface area contributed by atoms with Crippen molar-refractivity contribution in [2.24, 2.45) is 0 Å². The van der Waals surface area contributed by atoms with Gasteiger partial charge >= 0.3 is 5.97 Å². The number of ether oxygens (including phenoxy) is 2. The largest absolute Gasteiger partial charge is 0.482 e. The molecule has 0 fully saturated rings. The van der Waals surface area contributed by atoms with Gasteiger partial charge in [-0.25, -0.2) is 4.79 Å². The third kappa shape index (κ3) is 7.45. The summed E-state index contributed by atoms with van der Waals surface area (Å²) in [7, 11) is 0. The van der Waals surface area contributed by atoms with Gasteiger partial charge in [0.2, 0.25) is 5.91 Å². The van der Waals surface area contributed by atoms with Crippen molar-refractivity contribution >= 4 is 33.5 Å². The predicted molar refractivity (Wildman–Crippen MR) is 139 cm³/mol. The highest BCUT2D eigenvalue weighted by atomic mass is 79.9. The lowest BCUT2D eigenvalue weighted by Crippen LogP contribution is -2.30. The van der Waals surface area contributed by atoms with Gasteiger partial charge in [0.15, 0.2) is 6.61 Å². The minimum Gasteiger partial charge on any atom is -0.482 e. The molecule has 5 nitrogen and oxygen atoms in total. The standard InChI is InChI=1S/C28H30BrNO4/c1-3-5-9-27(31)30(25-8-6-7-24(29)18-25)19-21-10-12-22(13-11-21)23-14-16-26(17-15-23)34-20-28(32)33-4-2/h6-8,10-18H,3-5,9,19-20H2,1-2H3. The summed E-state index contributed by atoms with van der Waals surface area (Å²) in [6, 6.07) is 23.7. The number of rotatable bonds is 11. The van der Waals surface area contributed by atoms with Crippen LogP contribution in [-0.2, 0) is 20.9 Å². The number of benzene rings is 3. The normalized spacial score (nSPS) is 10.6. The first-order valence-corrected chi connectivity index (χ1v) is 12.3. The summed E-state index contributed by atoms with van der Waals surface area (Å²) in [4.78, 5) is 26.2. The second-order valence-corrected chi connectivity index (χ2v) is 8.79. The van der Waals surface area contributed by atoms with Crippen LogP contribution >= 0.6 is 15.9 Å². The summed E-state index contributed by atoms with van der Waals surface area (Å²) in [6.07, 6.45) is 2.40. The lowest BCUT2D eigenvalue weighted by atomic mass is 10.0. The van der Waals surface area contributed by atoms with Crippen LogP contribution in [0.4, 0.5) is 5.69 Å². The van der Waals surface area contributed by atoms with Crippen molar-refractivity contribution in [2.75, 3.05) is 18.1 Å². The molecule has 0 aliphatic rings. The van der Waals surface area contributed by atoms with E-state index >= 15 is 0 Å². The fourth-order valence-electron chi connectivity index (χ4n) is 3.50. The molecule has 34 heavy (non-hydrogen) atoms. The summed E-state index contributed by atoms with van der Waals surface area (Å²) < 4.78 is 11.3. The second kappa shape index (κ2) is 12.9. The number of esters is 1. The van der Waals surface area contributed by atoms with Gasteiger partial charge in [0.05, 0.1) is 13.2 Å². The van der Waals surface area contributed by atoms with Crippen molar-refractivity contribution in [3.8, 4) is 16.9 Å². The second-order valence-electron chi connectivity index (χ2n) is 7.88. The monoisotopic (exact) mass is 523 g/mol. The van der Waals surface area contributed by atoms with E-state index in [0.717, 1.165) is 39.7 Å². The fourth-order valence-corrected chi connectivity index (χ4v) is 3.89. The van der Waals surface area contributed by atoms with Gasteiger partial charge < -0.3 is 14.4 Å². The van der Waals surface area contributed by atoms with E-state index in [1.54, 1.807) is 6.92 Å². The average Bonchev–Trinajstić information content (AvgIpc) is 2.85. The SMILES string of the molecule is CCCCC(=O)N(Cc1ccc(-c2ccc(OCC(=O)OCC)cc2)cc1)c1cccc(Br)c1. The van der Waals surface area contributed by atoms with Crippen molar-refractivity contribution in [2.45, 2.75) is 39.7 Å². The van der Waals surface area contributed by atoms with Gasteiger partial charge in [-0.1, -0.05) is 71.7 Å². The molecule has 178 valence electrons. The first-order chi connectivity index (χ1) is 16.5. The molecule has 6 heteroatoms. The Labute approximate surface area is 209 Å². The highest BCUT2D eigenvalue weighted by molar-refractivity contribution is 9.10. The van der Waals surface area contributed by atoms with E-state index in [0.29, 0.717) is 25.3 Å². The van der Waals surface area contributed by atoms with Crippen molar-refractivity contribution in [3.05, 3.63) is 82.8 Å². The quantitative estimate of drug-likeness (QED) is 0.260. The zero-order valence-electron chi connectivity index (χ0n) is 19.6. The average molecular weight is 524 g/mol. The third-order valence-electron chi connectivity index (χ3n) is 5.31. The number of anilines is 1. The highest BCUT2D eigenvalue weighted by Gasteiger charge is 2.16. The number of nitrogens with zero attached hydrogens (tertiary/aromatic N) is 1. The molecule has 3 rings (SSSR count).